The lowest BCUT2D eigenvalue weighted by molar-refractivity contribution is -0.135. The Morgan fingerprint density at radius 3 is 1.33 bits per heavy atom. The third kappa shape index (κ3) is 7.03. The molecule has 0 fully saturated rings. The van der Waals surface area contributed by atoms with Crippen LogP contribution in [0.1, 0.15) is 0 Å². The molecule has 0 bridgehead atoms. The second kappa shape index (κ2) is 9.57. The number of hydrogen-bond acceptors (Lipinski definition) is 6. The molecule has 8 heteroatoms. The summed E-state index contributed by atoms with van der Waals surface area (Å²) in [5.41, 5.74) is 0.940. The number of esters is 2. The van der Waals surface area contributed by atoms with Crippen molar-refractivity contribution in [2.24, 2.45) is 0 Å². The van der Waals surface area contributed by atoms with Crippen molar-refractivity contribution in [2.45, 2.75) is 0 Å². The van der Waals surface area contributed by atoms with Crippen LogP contribution in [0.15, 0.2) is 48.6 Å². The number of amides is 2. The fraction of sp³-hybridized carbons (Fsp3) is 0.125. The van der Waals surface area contributed by atoms with Crippen molar-refractivity contribution in [3.05, 3.63) is 48.6 Å². The Labute approximate surface area is 138 Å². The largest absolute Gasteiger partial charge is 0.466 e. The van der Waals surface area contributed by atoms with Gasteiger partial charge in [-0.2, -0.15) is 0 Å². The normalized spacial score (nSPS) is 10.4. The number of anilines is 2. The lowest BCUT2D eigenvalue weighted by Gasteiger charge is -2.05. The van der Waals surface area contributed by atoms with Crippen LogP contribution in [0.3, 0.4) is 0 Å². The molecule has 8 nitrogen and oxygen atoms in total. The summed E-state index contributed by atoms with van der Waals surface area (Å²) in [6, 6.07) is 6.24. The number of ether oxygens (including phenoxy) is 2. The Balaban J connectivity index is 2.57. The first kappa shape index (κ1) is 18.6. The Bertz CT molecular complexity index is 617. The van der Waals surface area contributed by atoms with Crippen LogP contribution < -0.4 is 10.6 Å². The molecule has 1 aromatic carbocycles. The Hall–Kier alpha value is -3.42. The monoisotopic (exact) mass is 332 g/mol. The van der Waals surface area contributed by atoms with Gasteiger partial charge in [-0.3, -0.25) is 9.59 Å². The summed E-state index contributed by atoms with van der Waals surface area (Å²) in [6.45, 7) is 0. The highest BCUT2D eigenvalue weighted by molar-refractivity contribution is 6.04. The van der Waals surface area contributed by atoms with Gasteiger partial charge in [0.2, 0.25) is 11.8 Å². The molecule has 0 saturated carbocycles. The van der Waals surface area contributed by atoms with Gasteiger partial charge in [-0.15, -0.1) is 0 Å². The maximum atomic E-state index is 11.5. The van der Waals surface area contributed by atoms with E-state index in [-0.39, 0.29) is 0 Å². The first-order chi connectivity index (χ1) is 11.4. The maximum absolute atomic E-state index is 11.5. The molecular formula is C16H16N2O6. The Morgan fingerprint density at radius 2 is 1.04 bits per heavy atom. The van der Waals surface area contributed by atoms with E-state index >= 15 is 0 Å². The molecule has 0 atom stereocenters. The summed E-state index contributed by atoms with van der Waals surface area (Å²) in [4.78, 5) is 44.8. The summed E-state index contributed by atoms with van der Waals surface area (Å²) in [5, 5.41) is 5.06. The molecule has 0 aliphatic rings. The van der Waals surface area contributed by atoms with Crippen LogP contribution in [-0.4, -0.2) is 38.0 Å². The van der Waals surface area contributed by atoms with Gasteiger partial charge >= 0.3 is 11.9 Å². The van der Waals surface area contributed by atoms with Crippen molar-refractivity contribution in [1.29, 1.82) is 0 Å². The van der Waals surface area contributed by atoms with E-state index in [2.05, 4.69) is 20.1 Å². The molecule has 0 unspecified atom stereocenters. The fourth-order valence-electron chi connectivity index (χ4n) is 1.43. The molecule has 1 aromatic rings. The lowest BCUT2D eigenvalue weighted by atomic mass is 10.2. The SMILES string of the molecule is COC(=O)/C=C/C(=O)Nc1ccc(NC(=O)/C=C/C(=O)OC)cc1. The number of hydrogen-bond donors (Lipinski definition) is 2. The number of carbonyl (C=O) groups excluding carboxylic acids is 4. The molecule has 0 aliphatic heterocycles. The number of rotatable bonds is 6. The second-order valence-electron chi connectivity index (χ2n) is 4.27. The van der Waals surface area contributed by atoms with E-state index in [9.17, 15) is 19.2 Å². The number of carbonyl (C=O) groups is 4. The van der Waals surface area contributed by atoms with Gasteiger partial charge in [0.05, 0.1) is 14.2 Å². The highest BCUT2D eigenvalue weighted by atomic mass is 16.5. The van der Waals surface area contributed by atoms with Crippen molar-refractivity contribution in [1.82, 2.24) is 0 Å². The fourth-order valence-corrected chi connectivity index (χ4v) is 1.43. The number of nitrogens with one attached hydrogen (secondary N) is 2. The zero-order valence-corrected chi connectivity index (χ0v) is 13.1. The van der Waals surface area contributed by atoms with E-state index in [0.717, 1.165) is 24.3 Å². The van der Waals surface area contributed by atoms with Crippen molar-refractivity contribution in [3.63, 3.8) is 0 Å². The molecule has 0 saturated heterocycles. The third-order valence-electron chi connectivity index (χ3n) is 2.56. The zero-order chi connectivity index (χ0) is 17.9. The average molecular weight is 332 g/mol. The van der Waals surface area contributed by atoms with Gasteiger partial charge in [0.25, 0.3) is 0 Å². The summed E-state index contributed by atoms with van der Waals surface area (Å²) in [5.74, 6) is -2.28. The molecular weight excluding hydrogens is 316 g/mol. The molecule has 126 valence electrons. The van der Waals surface area contributed by atoms with Crippen LogP contribution >= 0.6 is 0 Å². The molecule has 0 aliphatic carbocycles. The van der Waals surface area contributed by atoms with Gasteiger partial charge in [-0.05, 0) is 24.3 Å². The highest BCUT2D eigenvalue weighted by Crippen LogP contribution is 2.13. The molecule has 0 aromatic heterocycles. The predicted molar refractivity (Wildman–Crippen MR) is 86.0 cm³/mol. The standard InChI is InChI=1S/C16H16N2O6/c1-23-15(21)9-7-13(19)17-11-3-5-12(6-4-11)18-14(20)8-10-16(22)24-2/h3-10H,1-2H3,(H,17,19)(H,18,20)/b9-7+,10-8+. The minimum atomic E-state index is -0.636. The van der Waals surface area contributed by atoms with Gasteiger partial charge in [0.1, 0.15) is 0 Å². The van der Waals surface area contributed by atoms with Crippen LogP contribution in [-0.2, 0) is 28.7 Å². The first-order valence-corrected chi connectivity index (χ1v) is 6.68. The van der Waals surface area contributed by atoms with Gasteiger partial charge in [-0.1, -0.05) is 0 Å². The summed E-state index contributed by atoms with van der Waals surface area (Å²) >= 11 is 0. The minimum Gasteiger partial charge on any atom is -0.466 e. The van der Waals surface area contributed by atoms with Crippen LogP contribution in [0, 0.1) is 0 Å². The number of methoxy groups -OCH3 is 2. The van der Waals surface area contributed by atoms with E-state index in [0.29, 0.717) is 11.4 Å². The van der Waals surface area contributed by atoms with Crippen molar-refractivity contribution in [3.8, 4) is 0 Å². The molecule has 0 radical (unpaired) electrons. The van der Waals surface area contributed by atoms with Crippen molar-refractivity contribution in [2.75, 3.05) is 24.9 Å². The van der Waals surface area contributed by atoms with Crippen LogP contribution in [0.5, 0.6) is 0 Å². The minimum absolute atomic E-state index is 0.470. The second-order valence-corrected chi connectivity index (χ2v) is 4.27. The van der Waals surface area contributed by atoms with E-state index in [1.165, 1.54) is 14.2 Å². The van der Waals surface area contributed by atoms with Crippen LogP contribution in [0.4, 0.5) is 11.4 Å². The van der Waals surface area contributed by atoms with Crippen LogP contribution in [0.2, 0.25) is 0 Å². The Morgan fingerprint density at radius 1 is 0.708 bits per heavy atom. The molecule has 24 heavy (non-hydrogen) atoms. The number of benzene rings is 1. The van der Waals surface area contributed by atoms with Gasteiger partial charge in [0, 0.05) is 35.7 Å². The van der Waals surface area contributed by atoms with Crippen molar-refractivity contribution < 1.29 is 28.7 Å². The predicted octanol–water partition coefficient (Wildman–Crippen LogP) is 1.02. The molecule has 2 N–H and O–H groups in total. The smallest absolute Gasteiger partial charge is 0.330 e. The first-order valence-electron chi connectivity index (χ1n) is 6.68. The average Bonchev–Trinajstić information content (AvgIpc) is 2.59. The molecule has 2 amide bonds. The van der Waals surface area contributed by atoms with E-state index in [1.54, 1.807) is 24.3 Å². The summed E-state index contributed by atoms with van der Waals surface area (Å²) < 4.78 is 8.73. The highest BCUT2D eigenvalue weighted by Gasteiger charge is 2.02. The van der Waals surface area contributed by atoms with E-state index in [4.69, 9.17) is 0 Å². The van der Waals surface area contributed by atoms with Crippen LogP contribution in [0.25, 0.3) is 0 Å². The summed E-state index contributed by atoms with van der Waals surface area (Å²) in [7, 11) is 2.41. The molecule has 0 heterocycles. The van der Waals surface area contributed by atoms with Gasteiger partial charge < -0.3 is 20.1 Å². The van der Waals surface area contributed by atoms with Gasteiger partial charge in [-0.25, -0.2) is 9.59 Å². The van der Waals surface area contributed by atoms with Crippen molar-refractivity contribution >= 4 is 35.1 Å². The molecule has 0 spiro atoms. The zero-order valence-electron chi connectivity index (χ0n) is 13.1. The van der Waals surface area contributed by atoms with Gasteiger partial charge in [0.15, 0.2) is 0 Å². The third-order valence-corrected chi connectivity index (χ3v) is 2.56. The molecule has 1 rings (SSSR count). The van der Waals surface area contributed by atoms with E-state index in [1.807, 2.05) is 0 Å². The Kier molecular flexibility index (Phi) is 7.43. The van der Waals surface area contributed by atoms with E-state index < -0.39 is 23.8 Å². The maximum Gasteiger partial charge on any atom is 0.330 e. The lowest BCUT2D eigenvalue weighted by Crippen LogP contribution is -2.10. The quantitative estimate of drug-likeness (QED) is 0.594. The summed E-state index contributed by atoms with van der Waals surface area (Å²) in [6.07, 6.45) is 4.08. The topological polar surface area (TPSA) is 111 Å².